The smallest absolute Gasteiger partial charge is 0.411 e. The zero-order valence-electron chi connectivity index (χ0n) is 12.5. The summed E-state index contributed by atoms with van der Waals surface area (Å²) >= 11 is 0. The first-order valence-corrected chi connectivity index (χ1v) is 7.03. The van der Waals surface area contributed by atoms with Crippen LogP contribution in [0.15, 0.2) is 0 Å². The molecule has 0 aromatic carbocycles. The molecule has 1 aliphatic heterocycles. The lowest BCUT2D eigenvalue weighted by Gasteiger charge is -2.29. The van der Waals surface area contributed by atoms with E-state index in [0.29, 0.717) is 6.42 Å². The normalized spacial score (nSPS) is 31.8. The summed E-state index contributed by atoms with van der Waals surface area (Å²) in [7, 11) is 0. The molecule has 114 valence electrons. The first kappa shape index (κ1) is 15.1. The van der Waals surface area contributed by atoms with Crippen molar-refractivity contribution in [1.82, 2.24) is 4.90 Å². The molecule has 1 heterocycles. The molecule has 20 heavy (non-hydrogen) atoms. The fourth-order valence-electron chi connectivity index (χ4n) is 2.88. The number of nitrogens with zero attached hydrogens (tertiary/aromatic N) is 1. The van der Waals surface area contributed by atoms with E-state index in [1.807, 2.05) is 0 Å². The number of aliphatic hydroxyl groups excluding tert-OH is 1. The number of carbonyl (C=O) groups is 2. The second-order valence-corrected chi connectivity index (χ2v) is 6.60. The van der Waals surface area contributed by atoms with E-state index in [2.05, 4.69) is 0 Å². The second-order valence-electron chi connectivity index (χ2n) is 6.60. The number of ether oxygens (including phenoxy) is 2. The summed E-state index contributed by atoms with van der Waals surface area (Å²) in [6.45, 7) is 7.33. The van der Waals surface area contributed by atoms with Crippen LogP contribution < -0.4 is 0 Å². The number of piperidine rings is 1. The third-order valence-corrected chi connectivity index (χ3v) is 3.90. The molecular weight excluding hydrogens is 262 g/mol. The lowest BCUT2D eigenvalue weighted by atomic mass is 10.0. The number of amides is 1. The summed E-state index contributed by atoms with van der Waals surface area (Å²) in [6.07, 6.45) is 0.665. The molecule has 0 bridgehead atoms. The monoisotopic (exact) mass is 285 g/mol. The highest BCUT2D eigenvalue weighted by atomic mass is 16.6. The van der Waals surface area contributed by atoms with Gasteiger partial charge in [-0.2, -0.15) is 0 Å². The molecule has 6 heteroatoms. The Balaban J connectivity index is 2.15. The van der Waals surface area contributed by atoms with Gasteiger partial charge in [-0.1, -0.05) is 0 Å². The SMILES string of the molecule is CCOC(=O)C1CC2(CO)CC2N1C(=O)OC(C)(C)C. The summed E-state index contributed by atoms with van der Waals surface area (Å²) in [6, 6.07) is -0.757. The Labute approximate surface area is 119 Å². The highest BCUT2D eigenvalue weighted by Gasteiger charge is 2.68. The average molecular weight is 285 g/mol. The molecule has 1 saturated heterocycles. The molecule has 2 fully saturated rings. The van der Waals surface area contributed by atoms with E-state index in [9.17, 15) is 14.7 Å². The van der Waals surface area contributed by atoms with Crippen molar-refractivity contribution in [3.8, 4) is 0 Å². The van der Waals surface area contributed by atoms with Gasteiger partial charge in [0.15, 0.2) is 0 Å². The summed E-state index contributed by atoms with van der Waals surface area (Å²) in [5.41, 5.74) is -0.954. The molecular formula is C14H23NO5. The van der Waals surface area contributed by atoms with E-state index >= 15 is 0 Å². The van der Waals surface area contributed by atoms with E-state index in [1.54, 1.807) is 27.7 Å². The van der Waals surface area contributed by atoms with Gasteiger partial charge in [0.1, 0.15) is 11.6 Å². The van der Waals surface area contributed by atoms with Crippen molar-refractivity contribution in [3.63, 3.8) is 0 Å². The Hall–Kier alpha value is -1.30. The summed E-state index contributed by atoms with van der Waals surface area (Å²) < 4.78 is 10.4. The van der Waals surface area contributed by atoms with Crippen molar-refractivity contribution in [1.29, 1.82) is 0 Å². The first-order valence-electron chi connectivity index (χ1n) is 7.03. The van der Waals surface area contributed by atoms with Crippen LogP contribution in [0.25, 0.3) is 0 Å². The maximum Gasteiger partial charge on any atom is 0.411 e. The van der Waals surface area contributed by atoms with Gasteiger partial charge in [-0.05, 0) is 40.5 Å². The number of carbonyl (C=O) groups excluding carboxylic acids is 2. The van der Waals surface area contributed by atoms with Gasteiger partial charge in [-0.15, -0.1) is 0 Å². The largest absolute Gasteiger partial charge is 0.464 e. The highest BCUT2D eigenvalue weighted by Crippen LogP contribution is 2.59. The Kier molecular flexibility index (Phi) is 3.71. The maximum atomic E-state index is 12.3. The predicted octanol–water partition coefficient (Wildman–Crippen LogP) is 1.31. The zero-order chi connectivity index (χ0) is 15.1. The van der Waals surface area contributed by atoms with E-state index in [4.69, 9.17) is 9.47 Å². The van der Waals surface area contributed by atoms with Gasteiger partial charge in [0.05, 0.1) is 13.2 Å². The van der Waals surface area contributed by atoms with Gasteiger partial charge in [-0.25, -0.2) is 9.59 Å². The van der Waals surface area contributed by atoms with Crippen LogP contribution in [0.1, 0.15) is 40.5 Å². The Bertz CT molecular complexity index is 416. The molecule has 1 saturated carbocycles. The molecule has 2 rings (SSSR count). The minimum absolute atomic E-state index is 0.0210. The van der Waals surface area contributed by atoms with E-state index in [0.717, 1.165) is 6.42 Å². The van der Waals surface area contributed by atoms with Crippen LogP contribution in [0.3, 0.4) is 0 Å². The van der Waals surface area contributed by atoms with Crippen LogP contribution in [0.4, 0.5) is 4.79 Å². The quantitative estimate of drug-likeness (QED) is 0.791. The fraction of sp³-hybridized carbons (Fsp3) is 0.857. The average Bonchev–Trinajstić information content (AvgIpc) is 2.93. The van der Waals surface area contributed by atoms with Crippen molar-refractivity contribution in [2.45, 2.75) is 58.2 Å². The standard InChI is InChI=1S/C14H23NO5/c1-5-19-11(17)9-6-14(8-16)7-10(14)15(9)12(18)20-13(2,3)4/h9-10,16H,5-8H2,1-4H3. The van der Waals surface area contributed by atoms with Crippen LogP contribution in [0.2, 0.25) is 0 Å². The Morgan fingerprint density at radius 1 is 1.35 bits per heavy atom. The summed E-state index contributed by atoms with van der Waals surface area (Å²) in [5, 5.41) is 9.50. The number of likely N-dealkylation sites (tertiary alicyclic amines) is 1. The van der Waals surface area contributed by atoms with Crippen LogP contribution in [0.5, 0.6) is 0 Å². The summed E-state index contributed by atoms with van der Waals surface area (Å²) in [4.78, 5) is 25.7. The van der Waals surface area contributed by atoms with Crippen LogP contribution in [-0.4, -0.2) is 53.0 Å². The number of rotatable bonds is 3. The molecule has 1 aliphatic carbocycles. The Morgan fingerprint density at radius 3 is 2.50 bits per heavy atom. The molecule has 3 atom stereocenters. The van der Waals surface area contributed by atoms with Crippen molar-refractivity contribution in [2.24, 2.45) is 5.41 Å². The predicted molar refractivity (Wildman–Crippen MR) is 71.0 cm³/mol. The molecule has 0 radical (unpaired) electrons. The van der Waals surface area contributed by atoms with Crippen LogP contribution in [-0.2, 0) is 14.3 Å². The second kappa shape index (κ2) is 4.91. The number of hydrogen-bond donors (Lipinski definition) is 1. The van der Waals surface area contributed by atoms with Gasteiger partial charge in [0.2, 0.25) is 0 Å². The highest BCUT2D eigenvalue weighted by molar-refractivity contribution is 5.83. The molecule has 0 aromatic heterocycles. The van der Waals surface area contributed by atoms with Crippen molar-refractivity contribution in [3.05, 3.63) is 0 Å². The van der Waals surface area contributed by atoms with E-state index in [-0.39, 0.29) is 24.7 Å². The molecule has 0 spiro atoms. The maximum absolute atomic E-state index is 12.3. The third-order valence-electron chi connectivity index (χ3n) is 3.90. The van der Waals surface area contributed by atoms with E-state index < -0.39 is 23.7 Å². The summed E-state index contributed by atoms with van der Waals surface area (Å²) in [5.74, 6) is -0.418. The van der Waals surface area contributed by atoms with Gasteiger partial charge in [-0.3, -0.25) is 4.90 Å². The molecule has 1 N–H and O–H groups in total. The number of esters is 1. The molecule has 1 amide bonds. The van der Waals surface area contributed by atoms with E-state index in [1.165, 1.54) is 4.90 Å². The first-order chi connectivity index (χ1) is 9.24. The van der Waals surface area contributed by atoms with Gasteiger partial charge in [0, 0.05) is 11.5 Å². The minimum atomic E-state index is -0.643. The Morgan fingerprint density at radius 2 is 2.00 bits per heavy atom. The minimum Gasteiger partial charge on any atom is -0.464 e. The van der Waals surface area contributed by atoms with Gasteiger partial charge >= 0.3 is 12.1 Å². The molecule has 3 unspecified atom stereocenters. The lowest BCUT2D eigenvalue weighted by Crippen LogP contribution is -2.46. The molecule has 0 aromatic rings. The number of fused-ring (bicyclic) bond motifs is 1. The van der Waals surface area contributed by atoms with Gasteiger partial charge < -0.3 is 14.6 Å². The zero-order valence-corrected chi connectivity index (χ0v) is 12.5. The van der Waals surface area contributed by atoms with Gasteiger partial charge in [0.25, 0.3) is 0 Å². The van der Waals surface area contributed by atoms with Crippen molar-refractivity contribution < 1.29 is 24.2 Å². The lowest BCUT2D eigenvalue weighted by molar-refractivity contribution is -0.149. The van der Waals surface area contributed by atoms with Crippen molar-refractivity contribution >= 4 is 12.1 Å². The number of aliphatic hydroxyl groups is 1. The topological polar surface area (TPSA) is 76.1 Å². The molecule has 6 nitrogen and oxygen atoms in total. The third kappa shape index (κ3) is 2.61. The fourth-order valence-corrected chi connectivity index (χ4v) is 2.88. The van der Waals surface area contributed by atoms with Crippen LogP contribution in [0, 0.1) is 5.41 Å². The van der Waals surface area contributed by atoms with Crippen molar-refractivity contribution in [2.75, 3.05) is 13.2 Å². The number of hydrogen-bond acceptors (Lipinski definition) is 5. The van der Waals surface area contributed by atoms with Crippen LogP contribution >= 0.6 is 0 Å². The molecule has 2 aliphatic rings.